The molecule has 0 saturated carbocycles. The Morgan fingerprint density at radius 1 is 1.40 bits per heavy atom. The number of nitro groups is 1. The summed E-state index contributed by atoms with van der Waals surface area (Å²) in [6.45, 7) is 0. The molecule has 1 aliphatic carbocycles. The fourth-order valence-corrected chi connectivity index (χ4v) is 2.69. The molecule has 0 amide bonds. The molecule has 1 atom stereocenters. The minimum absolute atomic E-state index is 0.148. The van der Waals surface area contributed by atoms with E-state index in [1.165, 1.54) is 6.07 Å². The fourth-order valence-electron chi connectivity index (χ4n) is 2.69. The van der Waals surface area contributed by atoms with Gasteiger partial charge in [0.05, 0.1) is 16.7 Å². The number of hydrogen-bond donors (Lipinski definition) is 1. The summed E-state index contributed by atoms with van der Waals surface area (Å²) in [6.07, 6.45) is 3.34. The number of nitrogens with zero attached hydrogens (tertiary/aromatic N) is 2. The number of halogens is 1. The lowest BCUT2D eigenvalue weighted by molar-refractivity contribution is -0.384. The standard InChI is InChI=1S/C14H13FN2O3/c15-11-5-4-9(17(19)20)8-13(11)16-7-6-10-12(16)2-1-3-14(10)18/h4-8,14,18H,1-3H2. The van der Waals surface area contributed by atoms with Gasteiger partial charge in [-0.15, -0.1) is 0 Å². The number of aliphatic hydroxyl groups excluding tert-OH is 1. The summed E-state index contributed by atoms with van der Waals surface area (Å²) >= 11 is 0. The van der Waals surface area contributed by atoms with E-state index >= 15 is 0 Å². The second kappa shape index (κ2) is 4.72. The van der Waals surface area contributed by atoms with Gasteiger partial charge in [-0.05, 0) is 31.4 Å². The molecule has 104 valence electrons. The van der Waals surface area contributed by atoms with Crippen LogP contribution in [0.1, 0.15) is 30.2 Å². The number of fused-ring (bicyclic) bond motifs is 1. The van der Waals surface area contributed by atoms with Crippen molar-refractivity contribution in [3.05, 3.63) is 57.7 Å². The van der Waals surface area contributed by atoms with E-state index in [4.69, 9.17) is 0 Å². The highest BCUT2D eigenvalue weighted by molar-refractivity contribution is 5.47. The predicted octanol–water partition coefficient (Wildman–Crippen LogP) is 2.89. The molecule has 1 aliphatic rings. The summed E-state index contributed by atoms with van der Waals surface area (Å²) in [5, 5.41) is 20.7. The van der Waals surface area contributed by atoms with Gasteiger partial charge in [0, 0.05) is 29.6 Å². The second-order valence-electron chi connectivity index (χ2n) is 4.89. The maximum Gasteiger partial charge on any atom is 0.271 e. The Bertz CT molecular complexity index is 681. The van der Waals surface area contributed by atoms with Gasteiger partial charge in [0.25, 0.3) is 5.69 Å². The smallest absolute Gasteiger partial charge is 0.271 e. The maximum absolute atomic E-state index is 14.0. The summed E-state index contributed by atoms with van der Waals surface area (Å²) in [6, 6.07) is 5.21. The molecule has 0 aliphatic heterocycles. The highest BCUT2D eigenvalue weighted by Gasteiger charge is 2.23. The first-order valence-corrected chi connectivity index (χ1v) is 6.40. The van der Waals surface area contributed by atoms with Gasteiger partial charge in [0.15, 0.2) is 0 Å². The SMILES string of the molecule is O=[N+]([O-])c1ccc(F)c(-n2ccc3c2CCCC3O)c1. The van der Waals surface area contributed by atoms with Crippen molar-refractivity contribution in [2.75, 3.05) is 0 Å². The van der Waals surface area contributed by atoms with Gasteiger partial charge in [0.2, 0.25) is 0 Å². The predicted molar refractivity (Wildman–Crippen MR) is 70.3 cm³/mol. The van der Waals surface area contributed by atoms with E-state index in [2.05, 4.69) is 0 Å². The average molecular weight is 276 g/mol. The zero-order chi connectivity index (χ0) is 14.3. The Morgan fingerprint density at radius 2 is 2.20 bits per heavy atom. The van der Waals surface area contributed by atoms with Crippen LogP contribution >= 0.6 is 0 Å². The molecule has 6 heteroatoms. The number of aromatic nitrogens is 1. The Morgan fingerprint density at radius 3 is 2.95 bits per heavy atom. The summed E-state index contributed by atoms with van der Waals surface area (Å²) in [5.74, 6) is -0.519. The molecule has 0 spiro atoms. The Labute approximate surface area is 114 Å². The van der Waals surface area contributed by atoms with Crippen molar-refractivity contribution in [1.82, 2.24) is 4.57 Å². The van der Waals surface area contributed by atoms with Crippen LogP contribution < -0.4 is 0 Å². The Kier molecular flexibility index (Phi) is 3.02. The molecule has 2 aromatic rings. The summed E-state index contributed by atoms with van der Waals surface area (Å²) in [7, 11) is 0. The first kappa shape index (κ1) is 12.8. The molecule has 1 aromatic heterocycles. The second-order valence-corrected chi connectivity index (χ2v) is 4.89. The molecule has 0 saturated heterocycles. The van der Waals surface area contributed by atoms with Gasteiger partial charge in [0.1, 0.15) is 5.82 Å². The maximum atomic E-state index is 14.0. The molecule has 1 N–H and O–H groups in total. The number of non-ortho nitro benzene ring substituents is 1. The van der Waals surface area contributed by atoms with E-state index in [1.807, 2.05) is 0 Å². The minimum atomic E-state index is -0.548. The molecule has 1 heterocycles. The highest BCUT2D eigenvalue weighted by atomic mass is 19.1. The van der Waals surface area contributed by atoms with Crippen molar-refractivity contribution >= 4 is 5.69 Å². The topological polar surface area (TPSA) is 68.3 Å². The molecule has 5 nitrogen and oxygen atoms in total. The quantitative estimate of drug-likeness (QED) is 0.677. The molecule has 0 bridgehead atoms. The van der Waals surface area contributed by atoms with E-state index in [9.17, 15) is 19.6 Å². The van der Waals surface area contributed by atoms with Crippen LogP contribution in [0.2, 0.25) is 0 Å². The fraction of sp³-hybridized carbons (Fsp3) is 0.286. The van der Waals surface area contributed by atoms with Gasteiger partial charge in [-0.2, -0.15) is 0 Å². The van der Waals surface area contributed by atoms with E-state index < -0.39 is 16.8 Å². The number of nitro benzene ring substituents is 1. The van der Waals surface area contributed by atoms with Crippen molar-refractivity contribution in [2.24, 2.45) is 0 Å². The third kappa shape index (κ3) is 1.98. The van der Waals surface area contributed by atoms with E-state index in [-0.39, 0.29) is 11.4 Å². The van der Waals surface area contributed by atoms with Crippen LogP contribution in [0.3, 0.4) is 0 Å². The number of hydrogen-bond acceptors (Lipinski definition) is 3. The normalized spacial score (nSPS) is 17.8. The lowest BCUT2D eigenvalue weighted by Gasteiger charge is -2.20. The van der Waals surface area contributed by atoms with Gasteiger partial charge >= 0.3 is 0 Å². The lowest BCUT2D eigenvalue weighted by atomic mass is 9.95. The van der Waals surface area contributed by atoms with Crippen LogP contribution in [0.4, 0.5) is 10.1 Å². The first-order valence-electron chi connectivity index (χ1n) is 6.40. The highest BCUT2D eigenvalue weighted by Crippen LogP contribution is 2.33. The van der Waals surface area contributed by atoms with Gasteiger partial charge < -0.3 is 9.67 Å². The largest absolute Gasteiger partial charge is 0.388 e. The minimum Gasteiger partial charge on any atom is -0.388 e. The molecule has 0 radical (unpaired) electrons. The van der Waals surface area contributed by atoms with Crippen molar-refractivity contribution in [3.63, 3.8) is 0 Å². The molecule has 1 unspecified atom stereocenters. The number of benzene rings is 1. The van der Waals surface area contributed by atoms with E-state index in [0.29, 0.717) is 6.42 Å². The van der Waals surface area contributed by atoms with Crippen LogP contribution in [0, 0.1) is 15.9 Å². The van der Waals surface area contributed by atoms with E-state index in [0.717, 1.165) is 36.2 Å². The number of rotatable bonds is 2. The number of aliphatic hydroxyl groups is 1. The average Bonchev–Trinajstić information content (AvgIpc) is 2.84. The molecule has 0 fully saturated rings. The van der Waals surface area contributed by atoms with Crippen LogP contribution in [0.15, 0.2) is 30.5 Å². The summed E-state index contributed by atoms with van der Waals surface area (Å²) in [5.41, 5.74) is 1.60. The van der Waals surface area contributed by atoms with Crippen molar-refractivity contribution in [3.8, 4) is 5.69 Å². The van der Waals surface area contributed by atoms with Crippen LogP contribution in [-0.2, 0) is 6.42 Å². The van der Waals surface area contributed by atoms with Crippen molar-refractivity contribution in [2.45, 2.75) is 25.4 Å². The molecular formula is C14H13FN2O3. The van der Waals surface area contributed by atoms with Crippen LogP contribution in [-0.4, -0.2) is 14.6 Å². The van der Waals surface area contributed by atoms with Gasteiger partial charge in [-0.3, -0.25) is 10.1 Å². The Balaban J connectivity index is 2.14. The van der Waals surface area contributed by atoms with Crippen LogP contribution in [0.25, 0.3) is 5.69 Å². The molecule has 20 heavy (non-hydrogen) atoms. The van der Waals surface area contributed by atoms with Crippen molar-refractivity contribution in [1.29, 1.82) is 0 Å². The monoisotopic (exact) mass is 276 g/mol. The summed E-state index contributed by atoms with van der Waals surface area (Å²) < 4.78 is 15.6. The molecular weight excluding hydrogens is 263 g/mol. The van der Waals surface area contributed by atoms with Gasteiger partial charge in [-0.25, -0.2) is 4.39 Å². The van der Waals surface area contributed by atoms with Gasteiger partial charge in [-0.1, -0.05) is 0 Å². The molecule has 3 rings (SSSR count). The first-order chi connectivity index (χ1) is 9.58. The zero-order valence-corrected chi connectivity index (χ0v) is 10.6. The third-order valence-corrected chi connectivity index (χ3v) is 3.68. The molecule has 1 aromatic carbocycles. The van der Waals surface area contributed by atoms with Crippen LogP contribution in [0.5, 0.6) is 0 Å². The zero-order valence-electron chi connectivity index (χ0n) is 10.6. The van der Waals surface area contributed by atoms with E-state index in [1.54, 1.807) is 16.8 Å². The van der Waals surface area contributed by atoms with Crippen molar-refractivity contribution < 1.29 is 14.4 Å². The third-order valence-electron chi connectivity index (χ3n) is 3.68. The summed E-state index contributed by atoms with van der Waals surface area (Å²) in [4.78, 5) is 10.3. The Hall–Kier alpha value is -2.21. The lowest BCUT2D eigenvalue weighted by Crippen LogP contribution is -2.11.